The molecule has 1 saturated heterocycles. The maximum atomic E-state index is 13.2. The van der Waals surface area contributed by atoms with Crippen molar-refractivity contribution in [3.8, 4) is 0 Å². The first kappa shape index (κ1) is 20.7. The second kappa shape index (κ2) is 8.73. The molecule has 0 N–H and O–H groups in total. The zero-order valence-electron chi connectivity index (χ0n) is 18.7. The summed E-state index contributed by atoms with van der Waals surface area (Å²) in [5.41, 5.74) is 4.42. The van der Waals surface area contributed by atoms with E-state index < -0.39 is 0 Å². The Balaban J connectivity index is 1.44. The molecule has 5 rings (SSSR count). The summed E-state index contributed by atoms with van der Waals surface area (Å²) >= 11 is 0. The maximum absolute atomic E-state index is 13.2. The van der Waals surface area contributed by atoms with Gasteiger partial charge in [0, 0.05) is 48.8 Å². The monoisotopic (exact) mass is 427 g/mol. The van der Waals surface area contributed by atoms with E-state index in [1.165, 1.54) is 10.5 Å². The summed E-state index contributed by atoms with van der Waals surface area (Å²) in [6, 6.07) is 18.0. The Morgan fingerprint density at radius 2 is 1.62 bits per heavy atom. The Morgan fingerprint density at radius 1 is 0.938 bits per heavy atom. The third kappa shape index (κ3) is 3.87. The molecule has 0 atom stereocenters. The van der Waals surface area contributed by atoms with Gasteiger partial charge in [-0.25, -0.2) is 0 Å². The number of carbonyl (C=O) groups excluding carboxylic acids is 1. The van der Waals surface area contributed by atoms with E-state index in [1.54, 1.807) is 0 Å². The number of hydrogen-bond acceptors (Lipinski definition) is 4. The van der Waals surface area contributed by atoms with Gasteiger partial charge in [-0.05, 0) is 37.7 Å². The Kier molecular flexibility index (Phi) is 5.64. The molecule has 0 radical (unpaired) electrons. The molecular weight excluding hydrogens is 398 g/mol. The lowest BCUT2D eigenvalue weighted by molar-refractivity contribution is -0.114. The average Bonchev–Trinajstić information content (AvgIpc) is 3.32. The van der Waals surface area contributed by atoms with E-state index in [2.05, 4.69) is 56.9 Å². The van der Waals surface area contributed by atoms with Crippen LogP contribution in [-0.2, 0) is 11.5 Å². The minimum absolute atomic E-state index is 0.0822. The molecule has 1 fully saturated rings. The summed E-state index contributed by atoms with van der Waals surface area (Å²) in [7, 11) is 0. The second-order valence-corrected chi connectivity index (χ2v) is 8.46. The summed E-state index contributed by atoms with van der Waals surface area (Å²) in [4.78, 5) is 18.2. The fraction of sp³-hybridized carbons (Fsp3) is 0.308. The van der Waals surface area contributed by atoms with Crippen LogP contribution >= 0.6 is 0 Å². The van der Waals surface area contributed by atoms with Crippen molar-refractivity contribution in [2.24, 2.45) is 5.10 Å². The molecule has 0 bridgehead atoms. The smallest absolute Gasteiger partial charge is 0.280 e. The molecule has 0 spiro atoms. The highest BCUT2D eigenvalue weighted by atomic mass is 16.2. The van der Waals surface area contributed by atoms with Gasteiger partial charge in [0.2, 0.25) is 0 Å². The van der Waals surface area contributed by atoms with E-state index in [0.29, 0.717) is 5.57 Å². The molecule has 1 aromatic heterocycles. The second-order valence-electron chi connectivity index (χ2n) is 8.46. The zero-order chi connectivity index (χ0) is 22.1. The van der Waals surface area contributed by atoms with Crippen molar-refractivity contribution in [2.45, 2.75) is 20.5 Å². The summed E-state index contributed by atoms with van der Waals surface area (Å²) in [6.07, 6.45) is 4.17. The van der Waals surface area contributed by atoms with E-state index in [9.17, 15) is 4.79 Å². The molecule has 0 unspecified atom stereocenters. The van der Waals surface area contributed by atoms with E-state index in [-0.39, 0.29) is 5.91 Å². The normalized spacial score (nSPS) is 19.3. The highest BCUT2D eigenvalue weighted by molar-refractivity contribution is 6.32. The molecule has 6 heteroatoms. The Labute approximate surface area is 189 Å². The Bertz CT molecular complexity index is 1190. The van der Waals surface area contributed by atoms with E-state index in [4.69, 9.17) is 0 Å². The number of nitrogens with zero attached hydrogens (tertiary/aromatic N) is 5. The van der Waals surface area contributed by atoms with Crippen molar-refractivity contribution in [1.82, 2.24) is 14.4 Å². The number of aromatic nitrogens is 1. The molecule has 164 valence electrons. The number of para-hydroxylation sites is 2. The number of piperazine rings is 1. The molecule has 0 saturated carbocycles. The molecular formula is C26H29N5O. The number of fused-ring (bicyclic) bond motifs is 1. The molecule has 3 aromatic rings. The first-order valence-electron chi connectivity index (χ1n) is 11.3. The number of amides is 1. The lowest BCUT2D eigenvalue weighted by atomic mass is 10.1. The number of likely N-dealkylation sites (N-methyl/N-ethyl adjacent to an activating group) is 1. The van der Waals surface area contributed by atoms with Crippen molar-refractivity contribution in [1.29, 1.82) is 0 Å². The van der Waals surface area contributed by atoms with Crippen LogP contribution in [0, 0.1) is 0 Å². The summed E-state index contributed by atoms with van der Waals surface area (Å²) in [5, 5.41) is 7.18. The predicted molar refractivity (Wildman–Crippen MR) is 131 cm³/mol. The van der Waals surface area contributed by atoms with Crippen LogP contribution in [0.2, 0.25) is 0 Å². The number of hydrazone groups is 1. The van der Waals surface area contributed by atoms with Gasteiger partial charge < -0.3 is 9.47 Å². The number of carbonyl (C=O) groups is 1. The van der Waals surface area contributed by atoms with Gasteiger partial charge in [0.25, 0.3) is 5.91 Å². The lowest BCUT2D eigenvalue weighted by Gasteiger charge is -2.34. The quantitative estimate of drug-likeness (QED) is 0.577. The van der Waals surface area contributed by atoms with Crippen LogP contribution < -0.4 is 5.01 Å². The highest BCUT2D eigenvalue weighted by Crippen LogP contribution is 2.28. The van der Waals surface area contributed by atoms with Crippen LogP contribution in [0.5, 0.6) is 0 Å². The van der Waals surface area contributed by atoms with E-state index >= 15 is 0 Å². The molecule has 1 amide bonds. The SMILES string of the molecule is CCN1CCN(Cn2cc(C=C3C(=O)N(c4ccccc4)N=C3C)c3ccccc32)CC1. The molecule has 32 heavy (non-hydrogen) atoms. The van der Waals surface area contributed by atoms with Gasteiger partial charge in [-0.15, -0.1) is 0 Å². The summed E-state index contributed by atoms with van der Waals surface area (Å²) in [6.45, 7) is 10.5. The molecule has 2 aromatic carbocycles. The summed E-state index contributed by atoms with van der Waals surface area (Å²) < 4.78 is 2.31. The van der Waals surface area contributed by atoms with Crippen LogP contribution in [0.15, 0.2) is 71.5 Å². The van der Waals surface area contributed by atoms with Gasteiger partial charge in [0.1, 0.15) is 0 Å². The predicted octanol–water partition coefficient (Wildman–Crippen LogP) is 4.04. The first-order valence-corrected chi connectivity index (χ1v) is 11.3. The third-order valence-electron chi connectivity index (χ3n) is 6.45. The largest absolute Gasteiger partial charge is 0.333 e. The minimum Gasteiger partial charge on any atom is -0.333 e. The van der Waals surface area contributed by atoms with Crippen LogP contribution in [0.4, 0.5) is 5.69 Å². The molecule has 2 aliphatic rings. The van der Waals surface area contributed by atoms with Crippen LogP contribution in [0.1, 0.15) is 19.4 Å². The van der Waals surface area contributed by atoms with Crippen molar-refractivity contribution in [2.75, 3.05) is 37.7 Å². The van der Waals surface area contributed by atoms with Crippen LogP contribution in [0.3, 0.4) is 0 Å². The third-order valence-corrected chi connectivity index (χ3v) is 6.45. The fourth-order valence-corrected chi connectivity index (χ4v) is 4.55. The van der Waals surface area contributed by atoms with Gasteiger partial charge in [-0.3, -0.25) is 9.69 Å². The molecule has 3 heterocycles. The maximum Gasteiger partial charge on any atom is 0.280 e. The zero-order valence-corrected chi connectivity index (χ0v) is 18.7. The molecule has 0 aliphatic carbocycles. The van der Waals surface area contributed by atoms with Gasteiger partial charge in [0.05, 0.1) is 23.6 Å². The first-order chi connectivity index (χ1) is 15.6. The average molecular weight is 428 g/mol. The van der Waals surface area contributed by atoms with Gasteiger partial charge in [-0.2, -0.15) is 10.1 Å². The van der Waals surface area contributed by atoms with Crippen molar-refractivity contribution < 1.29 is 4.79 Å². The highest BCUT2D eigenvalue weighted by Gasteiger charge is 2.29. The van der Waals surface area contributed by atoms with E-state index in [1.807, 2.05) is 43.3 Å². The van der Waals surface area contributed by atoms with Gasteiger partial charge >= 0.3 is 0 Å². The lowest BCUT2D eigenvalue weighted by Crippen LogP contribution is -2.46. The fourth-order valence-electron chi connectivity index (χ4n) is 4.55. The molecule has 2 aliphatic heterocycles. The Morgan fingerprint density at radius 3 is 2.38 bits per heavy atom. The Hall–Kier alpha value is -3.22. The van der Waals surface area contributed by atoms with Gasteiger partial charge in [0.15, 0.2) is 0 Å². The van der Waals surface area contributed by atoms with Crippen molar-refractivity contribution >= 4 is 34.3 Å². The minimum atomic E-state index is -0.0822. The number of hydrogen-bond donors (Lipinski definition) is 0. The topological polar surface area (TPSA) is 44.1 Å². The van der Waals surface area contributed by atoms with Crippen molar-refractivity contribution in [3.05, 3.63) is 71.9 Å². The number of anilines is 1. The number of benzene rings is 2. The van der Waals surface area contributed by atoms with Crippen LogP contribution in [-0.4, -0.2) is 58.7 Å². The standard InChI is InChI=1S/C26H29N5O/c1-3-28-13-15-29(16-14-28)19-30-18-21(23-11-7-8-12-25(23)30)17-24-20(2)27-31(26(24)32)22-9-5-4-6-10-22/h4-12,17-18H,3,13-16,19H2,1-2H3. The van der Waals surface area contributed by atoms with Crippen molar-refractivity contribution in [3.63, 3.8) is 0 Å². The van der Waals surface area contributed by atoms with Crippen LogP contribution in [0.25, 0.3) is 17.0 Å². The van der Waals surface area contributed by atoms with E-state index in [0.717, 1.165) is 61.7 Å². The van der Waals surface area contributed by atoms with Gasteiger partial charge in [-0.1, -0.05) is 43.3 Å². The summed E-state index contributed by atoms with van der Waals surface area (Å²) in [5.74, 6) is -0.0822. The number of rotatable bonds is 5. The molecule has 6 nitrogen and oxygen atoms in total.